The molecule has 29 heavy (non-hydrogen) atoms. The Morgan fingerprint density at radius 3 is 2.76 bits per heavy atom. The van der Waals surface area contributed by atoms with Crippen molar-refractivity contribution in [3.63, 3.8) is 0 Å². The summed E-state index contributed by atoms with van der Waals surface area (Å²) in [4.78, 5) is 14.5. The third-order valence-corrected chi connectivity index (χ3v) is 8.66. The molecule has 160 valence electrons. The number of nitrogens with one attached hydrogen (secondary N) is 1. The van der Waals surface area contributed by atoms with Crippen LogP contribution in [-0.4, -0.2) is 73.3 Å². The zero-order valence-corrected chi connectivity index (χ0v) is 18.0. The zero-order chi connectivity index (χ0) is 20.6. The fourth-order valence-corrected chi connectivity index (χ4v) is 7.10. The first-order chi connectivity index (χ1) is 13.8. The molecule has 4 rings (SSSR count). The van der Waals surface area contributed by atoms with E-state index in [1.165, 1.54) is 5.56 Å². The largest absolute Gasteiger partial charge is 0.365 e. The van der Waals surface area contributed by atoms with Crippen molar-refractivity contribution in [3.8, 4) is 0 Å². The van der Waals surface area contributed by atoms with Crippen molar-refractivity contribution in [2.75, 3.05) is 32.7 Å². The van der Waals surface area contributed by atoms with E-state index in [0.717, 1.165) is 12.8 Å². The van der Waals surface area contributed by atoms with Gasteiger partial charge in [0.1, 0.15) is 10.9 Å². The summed E-state index contributed by atoms with van der Waals surface area (Å²) >= 11 is 0. The molecule has 3 atom stereocenters. The topological polar surface area (TPSA) is 79.0 Å². The van der Waals surface area contributed by atoms with Crippen LogP contribution in [0.25, 0.3) is 0 Å². The monoisotopic (exact) mass is 421 g/mol. The average molecular weight is 422 g/mol. The van der Waals surface area contributed by atoms with E-state index in [9.17, 15) is 13.2 Å². The number of morpholine rings is 1. The molecule has 1 aromatic rings. The molecule has 1 N–H and O–H groups in total. The predicted octanol–water partition coefficient (Wildman–Crippen LogP) is 1.84. The fourth-order valence-electron chi connectivity index (χ4n) is 4.78. The maximum Gasteiger partial charge on any atom is 0.317 e. The van der Waals surface area contributed by atoms with Gasteiger partial charge in [0.25, 0.3) is 0 Å². The van der Waals surface area contributed by atoms with Crippen LogP contribution in [0.1, 0.15) is 32.3 Å². The number of benzene rings is 1. The van der Waals surface area contributed by atoms with E-state index < -0.39 is 20.9 Å². The quantitative estimate of drug-likeness (QED) is 0.760. The Kier molecular flexibility index (Phi) is 5.61. The van der Waals surface area contributed by atoms with Gasteiger partial charge in [0.15, 0.2) is 0 Å². The first-order valence-electron chi connectivity index (χ1n) is 10.5. The molecule has 8 heteroatoms. The van der Waals surface area contributed by atoms with Gasteiger partial charge in [-0.25, -0.2) is 13.2 Å². The van der Waals surface area contributed by atoms with Crippen LogP contribution in [0.4, 0.5) is 4.79 Å². The minimum Gasteiger partial charge on any atom is -0.365 e. The van der Waals surface area contributed by atoms with Crippen LogP contribution < -0.4 is 5.32 Å². The summed E-state index contributed by atoms with van der Waals surface area (Å²) in [6.45, 7) is 6.42. The van der Waals surface area contributed by atoms with Gasteiger partial charge in [-0.05, 0) is 30.7 Å². The Bertz CT molecular complexity index is 845. The molecule has 3 aliphatic heterocycles. The minimum atomic E-state index is -3.38. The van der Waals surface area contributed by atoms with Gasteiger partial charge in [-0.15, -0.1) is 0 Å². The van der Waals surface area contributed by atoms with Gasteiger partial charge in [-0.2, -0.15) is 4.31 Å². The summed E-state index contributed by atoms with van der Waals surface area (Å²) in [5.41, 5.74) is 0.395. The number of urea groups is 1. The second-order valence-corrected chi connectivity index (χ2v) is 11.1. The Balaban J connectivity index is 1.39. The number of fused-ring (bicyclic) bond motifs is 1. The van der Waals surface area contributed by atoms with Crippen molar-refractivity contribution in [3.05, 3.63) is 35.9 Å². The Hall–Kier alpha value is -1.64. The average Bonchev–Trinajstić information content (AvgIpc) is 3.05. The maximum absolute atomic E-state index is 13.1. The second-order valence-electron chi connectivity index (χ2n) is 8.94. The van der Waals surface area contributed by atoms with Crippen molar-refractivity contribution in [1.82, 2.24) is 14.5 Å². The van der Waals surface area contributed by atoms with Gasteiger partial charge in [0.2, 0.25) is 10.0 Å². The number of rotatable bonds is 6. The Morgan fingerprint density at radius 2 is 2.03 bits per heavy atom. The van der Waals surface area contributed by atoms with Crippen LogP contribution in [0.3, 0.4) is 0 Å². The van der Waals surface area contributed by atoms with Gasteiger partial charge in [0.05, 0.1) is 12.6 Å². The van der Waals surface area contributed by atoms with Crippen molar-refractivity contribution < 1.29 is 17.9 Å². The highest BCUT2D eigenvalue weighted by molar-refractivity contribution is 7.90. The summed E-state index contributed by atoms with van der Waals surface area (Å²) in [7, 11) is -3.38. The molecule has 0 unspecified atom stereocenters. The van der Waals surface area contributed by atoms with Crippen molar-refractivity contribution in [1.29, 1.82) is 0 Å². The Labute approximate surface area is 173 Å². The van der Waals surface area contributed by atoms with E-state index in [0.29, 0.717) is 45.1 Å². The molecule has 2 amide bonds. The normalized spacial score (nSPS) is 30.5. The Morgan fingerprint density at radius 1 is 1.28 bits per heavy atom. The van der Waals surface area contributed by atoms with E-state index in [2.05, 4.69) is 19.2 Å². The zero-order valence-electron chi connectivity index (χ0n) is 17.2. The van der Waals surface area contributed by atoms with Crippen molar-refractivity contribution in [2.24, 2.45) is 5.92 Å². The van der Waals surface area contributed by atoms with Gasteiger partial charge in [0, 0.05) is 26.2 Å². The van der Waals surface area contributed by atoms with Crippen LogP contribution in [0.5, 0.6) is 0 Å². The highest BCUT2D eigenvalue weighted by Crippen LogP contribution is 2.46. The van der Waals surface area contributed by atoms with Gasteiger partial charge >= 0.3 is 6.03 Å². The molecule has 3 heterocycles. The number of sulfonamides is 1. The lowest BCUT2D eigenvalue weighted by Gasteiger charge is -2.39. The number of hydrogen-bond acceptors (Lipinski definition) is 4. The minimum absolute atomic E-state index is 0.132. The van der Waals surface area contributed by atoms with Crippen LogP contribution in [0, 0.1) is 5.92 Å². The smallest absolute Gasteiger partial charge is 0.317 e. The lowest BCUT2D eigenvalue weighted by atomic mass is 9.99. The standard InChI is InChI=1S/C21H31N3O4S/c1-16(2)9-11-24-15-21-14-23(13-18(28-21)12-19(21)29(24,26)27)20(25)22-10-8-17-6-4-3-5-7-17/h3-7,16,18-19H,8-15H2,1-2H3,(H,22,25)/t18-,19+,21+/m1/s1. The number of hydrogen-bond donors (Lipinski definition) is 1. The van der Waals surface area contributed by atoms with E-state index in [1.54, 1.807) is 9.21 Å². The molecule has 1 aromatic carbocycles. The predicted molar refractivity (Wildman–Crippen MR) is 111 cm³/mol. The molecule has 3 fully saturated rings. The first-order valence-corrected chi connectivity index (χ1v) is 12.0. The van der Waals surface area contributed by atoms with E-state index >= 15 is 0 Å². The fraction of sp³-hybridized carbons (Fsp3) is 0.667. The first kappa shape index (κ1) is 20.6. The second kappa shape index (κ2) is 7.89. The van der Waals surface area contributed by atoms with Crippen LogP contribution in [0.2, 0.25) is 0 Å². The number of ether oxygens (including phenoxy) is 1. The van der Waals surface area contributed by atoms with Crippen LogP contribution >= 0.6 is 0 Å². The molecule has 1 spiro atoms. The lowest BCUT2D eigenvalue weighted by Crippen LogP contribution is -2.58. The molecule has 3 saturated heterocycles. The van der Waals surface area contributed by atoms with Gasteiger partial charge in [-0.3, -0.25) is 0 Å². The molecule has 0 saturated carbocycles. The maximum atomic E-state index is 13.1. The van der Waals surface area contributed by atoms with Gasteiger partial charge < -0.3 is 15.0 Å². The van der Waals surface area contributed by atoms with Crippen LogP contribution in [-0.2, 0) is 21.2 Å². The summed E-state index contributed by atoms with van der Waals surface area (Å²) < 4.78 is 33.9. The third-order valence-electron chi connectivity index (χ3n) is 6.29. The molecule has 3 aliphatic rings. The number of carbonyl (C=O) groups is 1. The number of nitrogens with zero attached hydrogens (tertiary/aromatic N) is 2. The number of carbonyl (C=O) groups excluding carboxylic acids is 1. The highest BCUT2D eigenvalue weighted by Gasteiger charge is 2.65. The molecule has 0 aromatic heterocycles. The molecule has 7 nitrogen and oxygen atoms in total. The van der Waals surface area contributed by atoms with E-state index in [1.807, 2.05) is 30.3 Å². The summed E-state index contributed by atoms with van der Waals surface area (Å²) in [6.07, 6.45) is 1.88. The molecule has 0 aliphatic carbocycles. The summed E-state index contributed by atoms with van der Waals surface area (Å²) in [6, 6.07) is 9.90. The molecular weight excluding hydrogens is 390 g/mol. The lowest BCUT2D eigenvalue weighted by molar-refractivity contribution is -0.0955. The van der Waals surface area contributed by atoms with Crippen molar-refractivity contribution >= 4 is 16.1 Å². The number of likely N-dealkylation sites (tertiary alicyclic amines) is 1. The molecule has 2 bridgehead atoms. The SMILES string of the molecule is CC(C)CCN1C[C@@]23CN(C(=O)NCCc4ccccc4)C[C@@H](C[C@@H]2S1(=O)=O)O3. The molecular formula is C21H31N3O4S. The van der Waals surface area contributed by atoms with E-state index in [-0.39, 0.29) is 12.1 Å². The highest BCUT2D eigenvalue weighted by atomic mass is 32.2. The van der Waals surface area contributed by atoms with Gasteiger partial charge in [-0.1, -0.05) is 44.2 Å². The summed E-state index contributed by atoms with van der Waals surface area (Å²) in [5.74, 6) is 0.440. The summed E-state index contributed by atoms with van der Waals surface area (Å²) in [5, 5.41) is 2.45. The molecule has 0 radical (unpaired) electrons. The number of amides is 2. The van der Waals surface area contributed by atoms with Crippen molar-refractivity contribution in [2.45, 2.75) is 50.1 Å². The van der Waals surface area contributed by atoms with Crippen LogP contribution in [0.15, 0.2) is 30.3 Å². The van der Waals surface area contributed by atoms with E-state index in [4.69, 9.17) is 4.74 Å². The third kappa shape index (κ3) is 4.02.